The van der Waals surface area contributed by atoms with Crippen LogP contribution in [0.5, 0.6) is 0 Å². The van der Waals surface area contributed by atoms with E-state index < -0.39 is 0 Å². The number of thiophene rings is 1. The number of aromatic amines is 1. The number of rotatable bonds is 3. The van der Waals surface area contributed by atoms with Gasteiger partial charge in [-0.3, -0.25) is 9.89 Å². The number of nitrogens with zero attached hydrogens (tertiary/aromatic N) is 1. The topological polar surface area (TPSA) is 83.8 Å². The first-order valence-electron chi connectivity index (χ1n) is 5.32. The molecule has 2 heterocycles. The molecule has 0 unspecified atom stereocenters. The molecular formula is C11H14N4OS. The largest absolute Gasteiger partial charge is 0.394 e. The van der Waals surface area contributed by atoms with Gasteiger partial charge in [-0.1, -0.05) is 6.92 Å². The Morgan fingerprint density at radius 1 is 1.59 bits per heavy atom. The maximum atomic E-state index is 11.9. The average molecular weight is 250 g/mol. The van der Waals surface area contributed by atoms with Crippen LogP contribution in [0.15, 0.2) is 12.1 Å². The zero-order valence-corrected chi connectivity index (χ0v) is 10.5. The van der Waals surface area contributed by atoms with Crippen LogP contribution in [0, 0.1) is 6.92 Å². The molecule has 0 bridgehead atoms. The van der Waals surface area contributed by atoms with Crippen LogP contribution >= 0.6 is 11.3 Å². The number of amides is 1. The smallest absolute Gasteiger partial charge is 0.266 e. The summed E-state index contributed by atoms with van der Waals surface area (Å²) in [5.41, 5.74) is 6.98. The van der Waals surface area contributed by atoms with E-state index in [-0.39, 0.29) is 5.91 Å². The third-order valence-corrected chi connectivity index (χ3v) is 3.69. The van der Waals surface area contributed by atoms with Crippen LogP contribution < -0.4 is 11.1 Å². The Morgan fingerprint density at radius 2 is 2.35 bits per heavy atom. The Labute approximate surface area is 103 Å². The van der Waals surface area contributed by atoms with Crippen molar-refractivity contribution in [1.82, 2.24) is 10.2 Å². The summed E-state index contributed by atoms with van der Waals surface area (Å²) in [5.74, 6) is 0.215. The molecule has 6 heteroatoms. The second-order valence-corrected chi connectivity index (χ2v) is 4.85. The van der Waals surface area contributed by atoms with Gasteiger partial charge in [0.1, 0.15) is 0 Å². The number of anilines is 2. The van der Waals surface area contributed by atoms with Crippen molar-refractivity contribution >= 4 is 28.7 Å². The van der Waals surface area contributed by atoms with E-state index >= 15 is 0 Å². The van der Waals surface area contributed by atoms with E-state index in [1.807, 2.05) is 12.1 Å². The lowest BCUT2D eigenvalue weighted by Crippen LogP contribution is -2.11. The molecular weight excluding hydrogens is 236 g/mol. The Hall–Kier alpha value is -1.82. The minimum atomic E-state index is -0.173. The molecule has 2 aromatic heterocycles. The number of carbonyl (C=O) groups is 1. The molecule has 0 aliphatic carbocycles. The summed E-state index contributed by atoms with van der Waals surface area (Å²) in [6.07, 6.45) is 0.932. The number of nitrogen functional groups attached to an aromatic ring is 1. The predicted octanol–water partition coefficient (Wildman–Crippen LogP) is 2.18. The standard InChI is InChI=1S/C11H14N4OS/c1-3-7-4-5-8(17-7)11(16)13-10-9(12)6(2)14-15-10/h4-5H,3,12H2,1-2H3,(H2,13,14,15,16). The molecule has 4 N–H and O–H groups in total. The molecule has 5 nitrogen and oxygen atoms in total. The van der Waals surface area contributed by atoms with Gasteiger partial charge >= 0.3 is 0 Å². The maximum Gasteiger partial charge on any atom is 0.266 e. The lowest BCUT2D eigenvalue weighted by molar-refractivity contribution is 0.103. The van der Waals surface area contributed by atoms with E-state index in [2.05, 4.69) is 22.4 Å². The number of aryl methyl sites for hydroxylation is 2. The molecule has 0 saturated carbocycles. The Balaban J connectivity index is 2.14. The summed E-state index contributed by atoms with van der Waals surface area (Å²) < 4.78 is 0. The fourth-order valence-electron chi connectivity index (χ4n) is 1.39. The van der Waals surface area contributed by atoms with Crippen LogP contribution in [0.25, 0.3) is 0 Å². The predicted molar refractivity (Wildman–Crippen MR) is 69.4 cm³/mol. The zero-order valence-electron chi connectivity index (χ0n) is 9.70. The first kappa shape index (κ1) is 11.7. The van der Waals surface area contributed by atoms with Crippen LogP contribution in [0.2, 0.25) is 0 Å². The zero-order chi connectivity index (χ0) is 12.4. The number of H-pyrrole nitrogens is 1. The van der Waals surface area contributed by atoms with Crippen molar-refractivity contribution in [3.63, 3.8) is 0 Å². The van der Waals surface area contributed by atoms with E-state index in [1.165, 1.54) is 16.2 Å². The van der Waals surface area contributed by atoms with Crippen molar-refractivity contribution in [2.45, 2.75) is 20.3 Å². The molecule has 0 radical (unpaired) electrons. The fraction of sp³-hybridized carbons (Fsp3) is 0.273. The monoisotopic (exact) mass is 250 g/mol. The summed E-state index contributed by atoms with van der Waals surface area (Å²) in [5, 5.41) is 9.34. The van der Waals surface area contributed by atoms with Crippen LogP contribution in [-0.4, -0.2) is 16.1 Å². The molecule has 90 valence electrons. The first-order valence-corrected chi connectivity index (χ1v) is 6.14. The van der Waals surface area contributed by atoms with E-state index in [1.54, 1.807) is 6.92 Å². The summed E-state index contributed by atoms with van der Waals surface area (Å²) >= 11 is 1.48. The van der Waals surface area contributed by atoms with Gasteiger partial charge in [0.15, 0.2) is 5.82 Å². The summed E-state index contributed by atoms with van der Waals surface area (Å²) in [4.78, 5) is 13.7. The third kappa shape index (κ3) is 2.31. The van der Waals surface area contributed by atoms with Crippen LogP contribution in [0.4, 0.5) is 11.5 Å². The lowest BCUT2D eigenvalue weighted by Gasteiger charge is -2.00. The highest BCUT2D eigenvalue weighted by Gasteiger charge is 2.13. The number of aromatic nitrogens is 2. The van der Waals surface area contributed by atoms with Crippen molar-refractivity contribution in [2.24, 2.45) is 0 Å². The maximum absolute atomic E-state index is 11.9. The minimum absolute atomic E-state index is 0.173. The van der Waals surface area contributed by atoms with E-state index in [4.69, 9.17) is 5.73 Å². The Bertz CT molecular complexity index is 543. The van der Waals surface area contributed by atoms with Crippen molar-refractivity contribution < 1.29 is 4.79 Å². The molecule has 0 aromatic carbocycles. The quantitative estimate of drug-likeness (QED) is 0.780. The van der Waals surface area contributed by atoms with Gasteiger partial charge in [0, 0.05) is 4.88 Å². The normalized spacial score (nSPS) is 10.5. The lowest BCUT2D eigenvalue weighted by atomic mass is 10.3. The van der Waals surface area contributed by atoms with E-state index in [9.17, 15) is 4.79 Å². The average Bonchev–Trinajstić information content (AvgIpc) is 2.91. The highest BCUT2D eigenvalue weighted by molar-refractivity contribution is 7.14. The number of nitrogens with one attached hydrogen (secondary N) is 2. The number of hydrogen-bond acceptors (Lipinski definition) is 4. The molecule has 0 saturated heterocycles. The van der Waals surface area contributed by atoms with Crippen LogP contribution in [0.1, 0.15) is 27.2 Å². The molecule has 2 aromatic rings. The van der Waals surface area contributed by atoms with Crippen molar-refractivity contribution in [3.05, 3.63) is 27.6 Å². The summed E-state index contributed by atoms with van der Waals surface area (Å²) in [6.45, 7) is 3.86. The van der Waals surface area contributed by atoms with E-state index in [0.29, 0.717) is 16.4 Å². The van der Waals surface area contributed by atoms with Gasteiger partial charge in [-0.15, -0.1) is 11.3 Å². The summed E-state index contributed by atoms with van der Waals surface area (Å²) in [7, 11) is 0. The highest BCUT2D eigenvalue weighted by Crippen LogP contribution is 2.21. The van der Waals surface area contributed by atoms with Gasteiger partial charge in [-0.2, -0.15) is 5.10 Å². The van der Waals surface area contributed by atoms with Crippen molar-refractivity contribution in [2.75, 3.05) is 11.1 Å². The third-order valence-electron chi connectivity index (χ3n) is 2.46. The van der Waals surface area contributed by atoms with Gasteiger partial charge < -0.3 is 11.1 Å². The molecule has 0 spiro atoms. The summed E-state index contributed by atoms with van der Waals surface area (Å²) in [6, 6.07) is 3.77. The molecule has 2 rings (SSSR count). The van der Waals surface area contributed by atoms with Crippen molar-refractivity contribution in [1.29, 1.82) is 0 Å². The van der Waals surface area contributed by atoms with Gasteiger partial charge in [0.25, 0.3) is 5.91 Å². The van der Waals surface area contributed by atoms with Gasteiger partial charge in [-0.05, 0) is 25.5 Å². The Kier molecular flexibility index (Phi) is 3.14. The number of carbonyl (C=O) groups excluding carboxylic acids is 1. The van der Waals surface area contributed by atoms with Crippen molar-refractivity contribution in [3.8, 4) is 0 Å². The Morgan fingerprint density at radius 3 is 2.88 bits per heavy atom. The minimum Gasteiger partial charge on any atom is -0.394 e. The molecule has 0 fully saturated rings. The van der Waals surface area contributed by atoms with Crippen LogP contribution in [0.3, 0.4) is 0 Å². The molecule has 1 amide bonds. The highest BCUT2D eigenvalue weighted by atomic mass is 32.1. The second kappa shape index (κ2) is 4.58. The second-order valence-electron chi connectivity index (χ2n) is 3.68. The molecule has 0 aliphatic rings. The first-order chi connectivity index (χ1) is 8.11. The molecule has 0 atom stereocenters. The van der Waals surface area contributed by atoms with Crippen LogP contribution in [-0.2, 0) is 6.42 Å². The SMILES string of the molecule is CCc1ccc(C(=O)Nc2n[nH]c(C)c2N)s1. The van der Waals surface area contributed by atoms with Gasteiger partial charge in [0.05, 0.1) is 16.3 Å². The number of hydrogen-bond donors (Lipinski definition) is 3. The molecule has 0 aliphatic heterocycles. The van der Waals surface area contributed by atoms with E-state index in [0.717, 1.165) is 12.1 Å². The van der Waals surface area contributed by atoms with Gasteiger partial charge in [-0.25, -0.2) is 0 Å². The van der Waals surface area contributed by atoms with Gasteiger partial charge in [0.2, 0.25) is 0 Å². The number of nitrogens with two attached hydrogens (primary N) is 1. The fourth-order valence-corrected chi connectivity index (χ4v) is 2.23. The molecule has 17 heavy (non-hydrogen) atoms.